The third-order valence-corrected chi connectivity index (χ3v) is 3.16. The lowest BCUT2D eigenvalue weighted by Gasteiger charge is -2.19. The van der Waals surface area contributed by atoms with Gasteiger partial charge in [-0.25, -0.2) is 0 Å². The molecule has 0 heterocycles. The Hall–Kier alpha value is -1.62. The Morgan fingerprint density at radius 2 is 2.11 bits per heavy atom. The lowest BCUT2D eigenvalue weighted by Crippen LogP contribution is -2.27. The highest BCUT2D eigenvalue weighted by Gasteiger charge is 2.16. The fourth-order valence-electron chi connectivity index (χ4n) is 1.99. The number of benzene rings is 1. The van der Waals surface area contributed by atoms with Crippen molar-refractivity contribution in [2.24, 2.45) is 11.7 Å². The van der Waals surface area contributed by atoms with E-state index in [1.54, 1.807) is 6.07 Å². The summed E-state index contributed by atoms with van der Waals surface area (Å²) < 4.78 is 5.09. The zero-order valence-corrected chi connectivity index (χ0v) is 11.1. The average Bonchev–Trinajstić information content (AvgIpc) is 2.34. The molecule has 5 nitrogen and oxygen atoms in total. The van der Waals surface area contributed by atoms with Crippen LogP contribution in [0.1, 0.15) is 25.8 Å². The molecule has 0 fully saturated rings. The lowest BCUT2D eigenvalue weighted by atomic mass is 9.91. The number of nitrogens with two attached hydrogens (primary N) is 1. The molecule has 1 aromatic carbocycles. The lowest BCUT2D eigenvalue weighted by molar-refractivity contribution is -0.385. The van der Waals surface area contributed by atoms with Crippen LogP contribution in [0, 0.1) is 16.0 Å². The number of methoxy groups -OCH3 is 1. The summed E-state index contributed by atoms with van der Waals surface area (Å²) in [4.78, 5) is 10.4. The molecule has 0 saturated carbocycles. The van der Waals surface area contributed by atoms with Crippen molar-refractivity contribution in [3.05, 3.63) is 33.9 Å². The summed E-state index contributed by atoms with van der Waals surface area (Å²) in [6.45, 7) is 4.03. The molecule has 0 spiro atoms. The van der Waals surface area contributed by atoms with E-state index in [0.717, 1.165) is 18.4 Å². The van der Waals surface area contributed by atoms with Crippen molar-refractivity contribution >= 4 is 5.69 Å². The van der Waals surface area contributed by atoms with Crippen molar-refractivity contribution in [3.8, 4) is 5.75 Å². The van der Waals surface area contributed by atoms with Crippen LogP contribution in [-0.4, -0.2) is 18.1 Å². The largest absolute Gasteiger partial charge is 0.496 e. The summed E-state index contributed by atoms with van der Waals surface area (Å²) in [5, 5.41) is 10.8. The third-order valence-electron chi connectivity index (χ3n) is 3.16. The van der Waals surface area contributed by atoms with Crippen LogP contribution in [0.4, 0.5) is 5.69 Å². The second kappa shape index (κ2) is 6.35. The summed E-state index contributed by atoms with van der Waals surface area (Å²) in [5.74, 6) is 0.829. The highest BCUT2D eigenvalue weighted by molar-refractivity contribution is 5.43. The minimum atomic E-state index is -0.404. The third kappa shape index (κ3) is 3.70. The number of nitro benzene ring substituents is 1. The van der Waals surface area contributed by atoms with Crippen molar-refractivity contribution < 1.29 is 9.66 Å². The molecule has 0 bridgehead atoms. The Morgan fingerprint density at radius 1 is 1.44 bits per heavy atom. The monoisotopic (exact) mass is 252 g/mol. The molecule has 100 valence electrons. The summed E-state index contributed by atoms with van der Waals surface area (Å²) in [6, 6.07) is 4.92. The fourth-order valence-corrected chi connectivity index (χ4v) is 1.99. The summed E-state index contributed by atoms with van der Waals surface area (Å²) in [5.41, 5.74) is 6.85. The number of nitrogens with zero attached hydrogens (tertiary/aromatic N) is 1. The molecule has 2 N–H and O–H groups in total. The Morgan fingerprint density at radius 3 is 2.56 bits per heavy atom. The van der Waals surface area contributed by atoms with Gasteiger partial charge in [-0.15, -0.1) is 0 Å². The van der Waals surface area contributed by atoms with E-state index >= 15 is 0 Å². The van der Waals surface area contributed by atoms with Gasteiger partial charge in [0.2, 0.25) is 0 Å². The molecule has 2 atom stereocenters. The standard InChI is InChI=1S/C13H20N2O3/c1-4-11(9(2)14)5-10-6-12(15(16)17)8-13(7-10)18-3/h6-9,11H,4-5,14H2,1-3H3. The zero-order chi connectivity index (χ0) is 13.7. The molecule has 0 saturated heterocycles. The fraction of sp³-hybridized carbons (Fsp3) is 0.538. The van der Waals surface area contributed by atoms with E-state index < -0.39 is 4.92 Å². The number of ether oxygens (including phenoxy) is 1. The Balaban J connectivity index is 3.00. The van der Waals surface area contributed by atoms with Gasteiger partial charge in [-0.1, -0.05) is 13.3 Å². The SMILES string of the molecule is CCC(Cc1cc(OC)cc([N+](=O)[O-])c1)C(C)N. The van der Waals surface area contributed by atoms with E-state index in [1.807, 2.05) is 13.0 Å². The van der Waals surface area contributed by atoms with Crippen LogP contribution in [0.3, 0.4) is 0 Å². The van der Waals surface area contributed by atoms with Crippen LogP contribution in [0.15, 0.2) is 18.2 Å². The first-order valence-corrected chi connectivity index (χ1v) is 6.05. The predicted octanol–water partition coefficient (Wildman–Crippen LogP) is 2.52. The molecule has 0 radical (unpaired) electrons. The molecule has 1 rings (SSSR count). The highest BCUT2D eigenvalue weighted by Crippen LogP contribution is 2.25. The minimum absolute atomic E-state index is 0.0591. The second-order valence-electron chi connectivity index (χ2n) is 4.53. The van der Waals surface area contributed by atoms with E-state index in [-0.39, 0.29) is 11.7 Å². The van der Waals surface area contributed by atoms with E-state index in [2.05, 4.69) is 6.92 Å². The average molecular weight is 252 g/mol. The van der Waals surface area contributed by atoms with Crippen LogP contribution in [0.5, 0.6) is 5.75 Å². The maximum atomic E-state index is 10.8. The molecule has 1 aromatic rings. The van der Waals surface area contributed by atoms with Gasteiger partial charge in [0.1, 0.15) is 5.75 Å². The van der Waals surface area contributed by atoms with Gasteiger partial charge in [0.05, 0.1) is 18.1 Å². The van der Waals surface area contributed by atoms with Gasteiger partial charge in [0, 0.05) is 12.1 Å². The Labute approximate surface area is 107 Å². The first-order valence-electron chi connectivity index (χ1n) is 6.05. The van der Waals surface area contributed by atoms with Gasteiger partial charge in [-0.05, 0) is 30.9 Å². The van der Waals surface area contributed by atoms with E-state index in [0.29, 0.717) is 11.7 Å². The van der Waals surface area contributed by atoms with Crippen LogP contribution < -0.4 is 10.5 Å². The first-order chi connectivity index (χ1) is 8.47. The molecule has 5 heteroatoms. The van der Waals surface area contributed by atoms with Crippen molar-refractivity contribution in [1.29, 1.82) is 0 Å². The van der Waals surface area contributed by atoms with E-state index in [1.165, 1.54) is 13.2 Å². The maximum absolute atomic E-state index is 10.8. The van der Waals surface area contributed by atoms with Crippen molar-refractivity contribution in [3.63, 3.8) is 0 Å². The summed E-state index contributed by atoms with van der Waals surface area (Å²) in [6.07, 6.45) is 1.68. The number of rotatable bonds is 6. The second-order valence-corrected chi connectivity index (χ2v) is 4.53. The summed E-state index contributed by atoms with van der Waals surface area (Å²) >= 11 is 0. The van der Waals surface area contributed by atoms with Gasteiger partial charge < -0.3 is 10.5 Å². The van der Waals surface area contributed by atoms with E-state index in [9.17, 15) is 10.1 Å². The normalized spacial score (nSPS) is 14.0. The molecule has 0 aliphatic heterocycles. The van der Waals surface area contributed by atoms with Crippen molar-refractivity contribution in [2.45, 2.75) is 32.7 Å². The molecule has 2 unspecified atom stereocenters. The van der Waals surface area contributed by atoms with Gasteiger partial charge >= 0.3 is 0 Å². The van der Waals surface area contributed by atoms with Crippen molar-refractivity contribution in [2.75, 3.05) is 7.11 Å². The molecular formula is C13H20N2O3. The molecule has 0 aliphatic rings. The number of hydrogen-bond acceptors (Lipinski definition) is 4. The van der Waals surface area contributed by atoms with Crippen LogP contribution in [-0.2, 0) is 6.42 Å². The number of non-ortho nitro benzene ring substituents is 1. The molecule has 0 aromatic heterocycles. The van der Waals surface area contributed by atoms with Gasteiger partial charge in [0.25, 0.3) is 5.69 Å². The molecular weight excluding hydrogens is 232 g/mol. The molecule has 0 amide bonds. The topological polar surface area (TPSA) is 78.4 Å². The van der Waals surface area contributed by atoms with Crippen LogP contribution >= 0.6 is 0 Å². The number of hydrogen-bond donors (Lipinski definition) is 1. The van der Waals surface area contributed by atoms with Crippen LogP contribution in [0.2, 0.25) is 0 Å². The molecule has 18 heavy (non-hydrogen) atoms. The van der Waals surface area contributed by atoms with Crippen LogP contribution in [0.25, 0.3) is 0 Å². The highest BCUT2D eigenvalue weighted by atomic mass is 16.6. The van der Waals surface area contributed by atoms with Gasteiger partial charge in [-0.3, -0.25) is 10.1 Å². The first kappa shape index (κ1) is 14.4. The van der Waals surface area contributed by atoms with E-state index in [4.69, 9.17) is 10.5 Å². The van der Waals surface area contributed by atoms with Gasteiger partial charge in [0.15, 0.2) is 0 Å². The molecule has 0 aliphatic carbocycles. The number of nitro groups is 1. The minimum Gasteiger partial charge on any atom is -0.496 e. The van der Waals surface area contributed by atoms with Crippen molar-refractivity contribution in [1.82, 2.24) is 0 Å². The van der Waals surface area contributed by atoms with Gasteiger partial charge in [-0.2, -0.15) is 0 Å². The maximum Gasteiger partial charge on any atom is 0.273 e. The Kier molecular flexibility index (Phi) is 5.09. The Bertz CT molecular complexity index is 419. The predicted molar refractivity (Wildman–Crippen MR) is 70.8 cm³/mol. The summed E-state index contributed by atoms with van der Waals surface area (Å²) in [7, 11) is 1.51. The quantitative estimate of drug-likeness (QED) is 0.623. The zero-order valence-electron chi connectivity index (χ0n) is 11.1. The smallest absolute Gasteiger partial charge is 0.273 e.